The second-order valence-corrected chi connectivity index (χ2v) is 4.86. The van der Waals surface area contributed by atoms with Crippen molar-refractivity contribution in [3.8, 4) is 11.3 Å². The molecule has 1 aromatic heterocycles. The Balaban J connectivity index is 1.89. The van der Waals surface area contributed by atoms with Crippen LogP contribution in [0, 0.1) is 0 Å². The van der Waals surface area contributed by atoms with Gasteiger partial charge in [0.05, 0.1) is 6.20 Å². The van der Waals surface area contributed by atoms with Crippen molar-refractivity contribution in [2.75, 3.05) is 0 Å². The Bertz CT molecular complexity index is 549. The van der Waals surface area contributed by atoms with Gasteiger partial charge in [0, 0.05) is 24.4 Å². The molecule has 1 heterocycles. The molecule has 0 saturated carbocycles. The van der Waals surface area contributed by atoms with E-state index in [1.54, 1.807) is 6.20 Å². The molecular weight excluding hydrogens is 252 g/mol. The standard InChI is InChI=1S/C16H20N2O2/c1-3-12(2)18-15(19)9-10-16-17-11-14(20-16)13-7-5-4-6-8-13/h4-8,11-12H,3,9-10H2,1-2H3,(H,18,19). The van der Waals surface area contributed by atoms with Crippen LogP contribution in [0.4, 0.5) is 0 Å². The quantitative estimate of drug-likeness (QED) is 0.878. The summed E-state index contributed by atoms with van der Waals surface area (Å²) >= 11 is 0. The first-order valence-electron chi connectivity index (χ1n) is 6.98. The number of aromatic nitrogens is 1. The van der Waals surface area contributed by atoms with Gasteiger partial charge >= 0.3 is 0 Å². The molecule has 0 aliphatic carbocycles. The molecule has 1 aromatic carbocycles. The Morgan fingerprint density at radius 2 is 2.10 bits per heavy atom. The fraction of sp³-hybridized carbons (Fsp3) is 0.375. The van der Waals surface area contributed by atoms with Gasteiger partial charge in [-0.3, -0.25) is 4.79 Å². The van der Waals surface area contributed by atoms with Crippen molar-refractivity contribution in [2.45, 2.75) is 39.2 Å². The fourth-order valence-electron chi connectivity index (χ4n) is 1.83. The van der Waals surface area contributed by atoms with Crippen LogP contribution in [0.3, 0.4) is 0 Å². The second kappa shape index (κ2) is 6.89. The third-order valence-electron chi connectivity index (χ3n) is 3.20. The number of aryl methyl sites for hydroxylation is 1. The lowest BCUT2D eigenvalue weighted by Gasteiger charge is -2.10. The van der Waals surface area contributed by atoms with Crippen molar-refractivity contribution in [3.05, 3.63) is 42.4 Å². The third-order valence-corrected chi connectivity index (χ3v) is 3.20. The van der Waals surface area contributed by atoms with Crippen LogP contribution in [-0.2, 0) is 11.2 Å². The number of carbonyl (C=O) groups is 1. The summed E-state index contributed by atoms with van der Waals surface area (Å²) in [5.74, 6) is 1.38. The van der Waals surface area contributed by atoms with E-state index in [0.717, 1.165) is 17.7 Å². The average Bonchev–Trinajstić information content (AvgIpc) is 2.95. The summed E-state index contributed by atoms with van der Waals surface area (Å²) in [4.78, 5) is 15.9. The maximum Gasteiger partial charge on any atom is 0.220 e. The van der Waals surface area contributed by atoms with Crippen LogP contribution in [0.25, 0.3) is 11.3 Å². The van der Waals surface area contributed by atoms with E-state index in [0.29, 0.717) is 18.7 Å². The maximum absolute atomic E-state index is 11.7. The first-order valence-corrected chi connectivity index (χ1v) is 6.98. The molecule has 0 aliphatic heterocycles. The van der Waals surface area contributed by atoms with Gasteiger partial charge in [0.1, 0.15) is 0 Å². The molecule has 0 saturated heterocycles. The highest BCUT2D eigenvalue weighted by Gasteiger charge is 2.10. The van der Waals surface area contributed by atoms with Gasteiger partial charge in [0.25, 0.3) is 0 Å². The Kier molecular flexibility index (Phi) is 4.93. The van der Waals surface area contributed by atoms with E-state index in [2.05, 4.69) is 10.3 Å². The predicted molar refractivity (Wildman–Crippen MR) is 78.2 cm³/mol. The number of benzene rings is 1. The van der Waals surface area contributed by atoms with Gasteiger partial charge < -0.3 is 9.73 Å². The van der Waals surface area contributed by atoms with Crippen molar-refractivity contribution in [1.82, 2.24) is 10.3 Å². The zero-order chi connectivity index (χ0) is 14.4. The number of hydrogen-bond donors (Lipinski definition) is 1. The van der Waals surface area contributed by atoms with Crippen molar-refractivity contribution in [3.63, 3.8) is 0 Å². The van der Waals surface area contributed by atoms with Crippen molar-refractivity contribution in [1.29, 1.82) is 0 Å². The lowest BCUT2D eigenvalue weighted by Crippen LogP contribution is -2.32. The number of rotatable bonds is 6. The molecule has 0 spiro atoms. The van der Waals surface area contributed by atoms with E-state index in [4.69, 9.17) is 4.42 Å². The Labute approximate surface area is 119 Å². The van der Waals surface area contributed by atoms with Crippen LogP contribution in [0.2, 0.25) is 0 Å². The minimum absolute atomic E-state index is 0.0406. The minimum atomic E-state index is 0.0406. The first-order chi connectivity index (χ1) is 9.69. The average molecular weight is 272 g/mol. The number of carbonyl (C=O) groups excluding carboxylic acids is 1. The van der Waals surface area contributed by atoms with Gasteiger partial charge in [0.15, 0.2) is 11.7 Å². The van der Waals surface area contributed by atoms with Crippen molar-refractivity contribution < 1.29 is 9.21 Å². The van der Waals surface area contributed by atoms with Crippen molar-refractivity contribution in [2.24, 2.45) is 0 Å². The summed E-state index contributed by atoms with van der Waals surface area (Å²) in [7, 11) is 0. The number of hydrogen-bond acceptors (Lipinski definition) is 3. The van der Waals surface area contributed by atoms with E-state index in [1.807, 2.05) is 44.2 Å². The Hall–Kier alpha value is -2.10. The topological polar surface area (TPSA) is 55.1 Å². The summed E-state index contributed by atoms with van der Waals surface area (Å²) in [5, 5.41) is 2.93. The second-order valence-electron chi connectivity index (χ2n) is 4.86. The zero-order valence-electron chi connectivity index (χ0n) is 11.9. The summed E-state index contributed by atoms with van der Waals surface area (Å²) in [6.07, 6.45) is 3.56. The van der Waals surface area contributed by atoms with E-state index >= 15 is 0 Å². The molecule has 1 atom stereocenters. The molecule has 4 nitrogen and oxygen atoms in total. The highest BCUT2D eigenvalue weighted by molar-refractivity contribution is 5.76. The lowest BCUT2D eigenvalue weighted by molar-refractivity contribution is -0.121. The first kappa shape index (κ1) is 14.3. The zero-order valence-corrected chi connectivity index (χ0v) is 11.9. The summed E-state index contributed by atoms with van der Waals surface area (Å²) in [6.45, 7) is 4.04. The smallest absolute Gasteiger partial charge is 0.220 e. The molecule has 1 amide bonds. The molecule has 1 N–H and O–H groups in total. The molecule has 0 bridgehead atoms. The van der Waals surface area contributed by atoms with Gasteiger partial charge in [-0.25, -0.2) is 4.98 Å². The molecular formula is C16H20N2O2. The van der Waals surface area contributed by atoms with E-state index in [9.17, 15) is 4.79 Å². The van der Waals surface area contributed by atoms with Gasteiger partial charge in [-0.1, -0.05) is 37.3 Å². The Morgan fingerprint density at radius 1 is 1.35 bits per heavy atom. The van der Waals surface area contributed by atoms with Gasteiger partial charge in [-0.15, -0.1) is 0 Å². The highest BCUT2D eigenvalue weighted by Crippen LogP contribution is 2.20. The predicted octanol–water partition coefficient (Wildman–Crippen LogP) is 3.19. The van der Waals surface area contributed by atoms with E-state index in [1.165, 1.54) is 0 Å². The number of nitrogens with one attached hydrogen (secondary N) is 1. The maximum atomic E-state index is 11.7. The van der Waals surface area contributed by atoms with Crippen LogP contribution >= 0.6 is 0 Å². The molecule has 106 valence electrons. The third kappa shape index (κ3) is 3.95. The molecule has 2 rings (SSSR count). The minimum Gasteiger partial charge on any atom is -0.441 e. The van der Waals surface area contributed by atoms with Crippen LogP contribution in [0.1, 0.15) is 32.6 Å². The van der Waals surface area contributed by atoms with Crippen LogP contribution in [0.15, 0.2) is 40.9 Å². The fourth-order valence-corrected chi connectivity index (χ4v) is 1.83. The molecule has 4 heteroatoms. The largest absolute Gasteiger partial charge is 0.441 e. The van der Waals surface area contributed by atoms with E-state index in [-0.39, 0.29) is 11.9 Å². The molecule has 2 aromatic rings. The summed E-state index contributed by atoms with van der Waals surface area (Å²) in [5.41, 5.74) is 0.996. The van der Waals surface area contributed by atoms with Gasteiger partial charge in [-0.05, 0) is 13.3 Å². The highest BCUT2D eigenvalue weighted by atomic mass is 16.4. The van der Waals surface area contributed by atoms with Gasteiger partial charge in [-0.2, -0.15) is 0 Å². The van der Waals surface area contributed by atoms with Gasteiger partial charge in [0.2, 0.25) is 5.91 Å². The molecule has 0 fully saturated rings. The molecule has 20 heavy (non-hydrogen) atoms. The Morgan fingerprint density at radius 3 is 2.80 bits per heavy atom. The lowest BCUT2D eigenvalue weighted by atomic mass is 10.2. The van der Waals surface area contributed by atoms with Crippen LogP contribution in [-0.4, -0.2) is 16.9 Å². The van der Waals surface area contributed by atoms with E-state index < -0.39 is 0 Å². The monoisotopic (exact) mass is 272 g/mol. The summed E-state index contributed by atoms with van der Waals surface area (Å²) < 4.78 is 5.66. The summed E-state index contributed by atoms with van der Waals surface area (Å²) in [6, 6.07) is 10.0. The molecule has 0 radical (unpaired) electrons. The SMILES string of the molecule is CCC(C)NC(=O)CCc1ncc(-c2ccccc2)o1. The van der Waals surface area contributed by atoms with Crippen molar-refractivity contribution >= 4 is 5.91 Å². The molecule has 0 aliphatic rings. The normalized spacial score (nSPS) is 12.1. The number of amides is 1. The number of oxazole rings is 1. The van der Waals surface area contributed by atoms with Crippen LogP contribution < -0.4 is 5.32 Å². The molecule has 1 unspecified atom stereocenters. The number of nitrogens with zero attached hydrogens (tertiary/aromatic N) is 1. The van der Waals surface area contributed by atoms with Crippen LogP contribution in [0.5, 0.6) is 0 Å².